The number of carbonyl (C=O) groups excluding carboxylic acids is 2. The molecule has 3 aromatic rings. The molecule has 8 nitrogen and oxygen atoms in total. The molecule has 1 aliphatic heterocycles. The average Bonchev–Trinajstić information content (AvgIpc) is 3.20. The van der Waals surface area contributed by atoms with Crippen LogP contribution in [-0.4, -0.2) is 58.3 Å². The van der Waals surface area contributed by atoms with E-state index >= 15 is 0 Å². The summed E-state index contributed by atoms with van der Waals surface area (Å²) in [6.45, 7) is 0.983. The van der Waals surface area contributed by atoms with Crippen molar-refractivity contribution in [1.29, 1.82) is 0 Å². The van der Waals surface area contributed by atoms with Gasteiger partial charge in [0, 0.05) is 19.2 Å². The maximum atomic E-state index is 13.6. The van der Waals surface area contributed by atoms with Gasteiger partial charge in [0.2, 0.25) is 0 Å². The highest BCUT2D eigenvalue weighted by molar-refractivity contribution is 6.46. The fraction of sp³-hybridized carbons (Fsp3) is 0.292. The molecule has 172 valence electrons. The van der Waals surface area contributed by atoms with Gasteiger partial charge in [0.1, 0.15) is 11.6 Å². The number of halogens is 1. The second-order valence-corrected chi connectivity index (χ2v) is 8.31. The first kappa shape index (κ1) is 22.5. The van der Waals surface area contributed by atoms with Gasteiger partial charge < -0.3 is 19.3 Å². The van der Waals surface area contributed by atoms with Gasteiger partial charge in [-0.25, -0.2) is 9.18 Å². The minimum atomic E-state index is -0.869. The third-order valence-corrected chi connectivity index (χ3v) is 5.80. The molecule has 0 saturated carbocycles. The SMILES string of the molecule is CN(C)CCCN1C(=O)C(=O)C(=C(O)c2ccc3c(c2)oc(=O)n3C)C1c1ccc(F)cc1. The largest absolute Gasteiger partial charge is 0.507 e. The maximum Gasteiger partial charge on any atom is 0.419 e. The highest BCUT2D eigenvalue weighted by Gasteiger charge is 2.45. The van der Waals surface area contributed by atoms with Gasteiger partial charge in [-0.15, -0.1) is 0 Å². The van der Waals surface area contributed by atoms with Crippen molar-refractivity contribution in [2.24, 2.45) is 7.05 Å². The number of rotatable bonds is 6. The topological polar surface area (TPSA) is 96.0 Å². The third kappa shape index (κ3) is 4.07. The number of aryl methyl sites for hydroxylation is 1. The molecule has 1 saturated heterocycles. The number of oxazole rings is 1. The predicted octanol–water partition coefficient (Wildman–Crippen LogP) is 2.64. The van der Waals surface area contributed by atoms with Crippen LogP contribution in [0, 0.1) is 5.82 Å². The first-order chi connectivity index (χ1) is 15.7. The molecule has 4 rings (SSSR count). The second kappa shape index (κ2) is 8.67. The number of Topliss-reactive ketones (excluding diaryl/α,β-unsaturated/α-hetero) is 1. The molecule has 1 N–H and O–H groups in total. The monoisotopic (exact) mass is 453 g/mol. The summed E-state index contributed by atoms with van der Waals surface area (Å²) in [6.07, 6.45) is 0.610. The lowest BCUT2D eigenvalue weighted by molar-refractivity contribution is -0.139. The van der Waals surface area contributed by atoms with Crippen molar-refractivity contribution in [1.82, 2.24) is 14.4 Å². The lowest BCUT2D eigenvalue weighted by Crippen LogP contribution is -2.32. The molecule has 2 heterocycles. The maximum absolute atomic E-state index is 13.6. The van der Waals surface area contributed by atoms with E-state index < -0.39 is 29.3 Å². The zero-order chi connectivity index (χ0) is 23.9. The van der Waals surface area contributed by atoms with Crippen LogP contribution in [0.15, 0.2) is 57.2 Å². The summed E-state index contributed by atoms with van der Waals surface area (Å²) in [4.78, 5) is 41.1. The molecule has 0 radical (unpaired) electrons. The molecular weight excluding hydrogens is 429 g/mol. The van der Waals surface area contributed by atoms with Gasteiger partial charge in [-0.05, 0) is 63.0 Å². The summed E-state index contributed by atoms with van der Waals surface area (Å²) in [5.74, 6) is -2.94. The van der Waals surface area contributed by atoms with Crippen LogP contribution in [0.1, 0.15) is 23.6 Å². The Hall–Kier alpha value is -3.72. The number of aromatic nitrogens is 1. The number of nitrogens with zero attached hydrogens (tertiary/aromatic N) is 3. The van der Waals surface area contributed by atoms with E-state index in [2.05, 4.69) is 0 Å². The highest BCUT2D eigenvalue weighted by atomic mass is 19.1. The van der Waals surface area contributed by atoms with E-state index in [9.17, 15) is 23.9 Å². The number of hydrogen-bond acceptors (Lipinski definition) is 6. The minimum Gasteiger partial charge on any atom is -0.507 e. The van der Waals surface area contributed by atoms with E-state index in [-0.39, 0.29) is 29.0 Å². The lowest BCUT2D eigenvalue weighted by atomic mass is 9.95. The Kier molecular flexibility index (Phi) is 5.90. The molecule has 0 bridgehead atoms. The molecule has 9 heteroatoms. The molecule has 33 heavy (non-hydrogen) atoms. The van der Waals surface area contributed by atoms with Crippen LogP contribution in [0.5, 0.6) is 0 Å². The van der Waals surface area contributed by atoms with Crippen molar-refractivity contribution in [2.45, 2.75) is 12.5 Å². The smallest absolute Gasteiger partial charge is 0.419 e. The van der Waals surface area contributed by atoms with Gasteiger partial charge in [0.25, 0.3) is 11.7 Å². The van der Waals surface area contributed by atoms with Crippen LogP contribution in [0.2, 0.25) is 0 Å². The molecule has 0 aliphatic carbocycles. The Morgan fingerprint density at radius 3 is 2.48 bits per heavy atom. The molecule has 1 amide bonds. The number of aliphatic hydroxyl groups is 1. The summed E-state index contributed by atoms with van der Waals surface area (Å²) in [5.41, 5.74) is 1.42. The number of aliphatic hydroxyl groups excluding tert-OH is 1. The summed E-state index contributed by atoms with van der Waals surface area (Å²) in [7, 11) is 5.37. The molecule has 1 atom stereocenters. The van der Waals surface area contributed by atoms with Crippen LogP contribution in [0.4, 0.5) is 4.39 Å². The second-order valence-electron chi connectivity index (χ2n) is 8.31. The quantitative estimate of drug-likeness (QED) is 0.350. The Morgan fingerprint density at radius 2 is 1.82 bits per heavy atom. The van der Waals surface area contributed by atoms with Crippen LogP contribution >= 0.6 is 0 Å². The standard InChI is InChI=1S/C24H24FN3O5/c1-26(2)11-4-12-28-20(14-5-8-16(25)9-6-14)19(22(30)23(28)31)21(29)15-7-10-17-18(13-15)33-24(32)27(17)3/h5-10,13,20,29H,4,11-12H2,1-3H3. The van der Waals surface area contributed by atoms with E-state index in [0.29, 0.717) is 24.0 Å². The molecule has 0 spiro atoms. The van der Waals surface area contributed by atoms with E-state index in [1.54, 1.807) is 19.2 Å². The van der Waals surface area contributed by atoms with Crippen molar-refractivity contribution >= 4 is 28.5 Å². The van der Waals surface area contributed by atoms with Gasteiger partial charge in [0.05, 0.1) is 17.1 Å². The number of likely N-dealkylation sites (tertiary alicyclic amines) is 1. The van der Waals surface area contributed by atoms with Crippen LogP contribution < -0.4 is 5.76 Å². The average molecular weight is 453 g/mol. The van der Waals surface area contributed by atoms with Crippen LogP contribution in [0.3, 0.4) is 0 Å². The summed E-state index contributed by atoms with van der Waals surface area (Å²) >= 11 is 0. The summed E-state index contributed by atoms with van der Waals surface area (Å²) in [6, 6.07) is 9.22. The first-order valence-electron chi connectivity index (χ1n) is 10.5. The Labute approximate surface area is 189 Å². The molecule has 1 aromatic heterocycles. The molecular formula is C24H24FN3O5. The number of fused-ring (bicyclic) bond motifs is 1. The molecule has 1 fully saturated rings. The number of benzene rings is 2. The zero-order valence-corrected chi connectivity index (χ0v) is 18.5. The molecule has 2 aromatic carbocycles. The van der Waals surface area contributed by atoms with E-state index in [1.165, 1.54) is 39.8 Å². The van der Waals surface area contributed by atoms with Gasteiger partial charge in [-0.2, -0.15) is 0 Å². The third-order valence-electron chi connectivity index (χ3n) is 5.80. The number of ketones is 1. The lowest BCUT2D eigenvalue weighted by Gasteiger charge is -2.26. The van der Waals surface area contributed by atoms with Crippen molar-refractivity contribution < 1.29 is 23.5 Å². The van der Waals surface area contributed by atoms with Gasteiger partial charge in [-0.1, -0.05) is 12.1 Å². The minimum absolute atomic E-state index is 0.0888. The summed E-state index contributed by atoms with van der Waals surface area (Å²) in [5, 5.41) is 11.1. The zero-order valence-electron chi connectivity index (χ0n) is 18.5. The Morgan fingerprint density at radius 1 is 1.12 bits per heavy atom. The van der Waals surface area contributed by atoms with Crippen molar-refractivity contribution in [3.63, 3.8) is 0 Å². The van der Waals surface area contributed by atoms with Gasteiger partial charge >= 0.3 is 5.76 Å². The summed E-state index contributed by atoms with van der Waals surface area (Å²) < 4.78 is 20.1. The number of carbonyl (C=O) groups is 2. The first-order valence-corrected chi connectivity index (χ1v) is 10.5. The van der Waals surface area contributed by atoms with Crippen molar-refractivity contribution in [3.05, 3.63) is 75.5 Å². The normalized spacial score (nSPS) is 18.1. The van der Waals surface area contributed by atoms with Gasteiger partial charge in [-0.3, -0.25) is 14.2 Å². The van der Waals surface area contributed by atoms with Crippen LogP contribution in [0.25, 0.3) is 16.9 Å². The van der Waals surface area contributed by atoms with Crippen molar-refractivity contribution in [3.8, 4) is 0 Å². The number of amides is 1. The van der Waals surface area contributed by atoms with E-state index in [4.69, 9.17) is 4.42 Å². The van der Waals surface area contributed by atoms with E-state index in [1.807, 2.05) is 19.0 Å². The molecule has 1 unspecified atom stereocenters. The Bertz CT molecular complexity index is 1320. The number of hydrogen-bond donors (Lipinski definition) is 1. The van der Waals surface area contributed by atoms with Crippen LogP contribution in [-0.2, 0) is 16.6 Å². The fourth-order valence-electron chi connectivity index (χ4n) is 4.10. The fourth-order valence-corrected chi connectivity index (χ4v) is 4.10. The Balaban J connectivity index is 1.83. The predicted molar refractivity (Wildman–Crippen MR) is 120 cm³/mol. The van der Waals surface area contributed by atoms with E-state index in [0.717, 1.165) is 0 Å². The van der Waals surface area contributed by atoms with Gasteiger partial charge in [0.15, 0.2) is 5.58 Å². The highest BCUT2D eigenvalue weighted by Crippen LogP contribution is 2.39. The molecule has 1 aliphatic rings. The van der Waals surface area contributed by atoms with Crippen molar-refractivity contribution in [2.75, 3.05) is 27.2 Å².